The van der Waals surface area contributed by atoms with Crippen molar-refractivity contribution < 1.29 is 0 Å². The lowest BCUT2D eigenvalue weighted by molar-refractivity contribution is 0.642. The zero-order valence-corrected chi connectivity index (χ0v) is 17.9. The first-order valence-corrected chi connectivity index (χ1v) is 10.9. The van der Waals surface area contributed by atoms with E-state index in [0.717, 1.165) is 54.2 Å². The molecule has 1 aliphatic rings. The lowest BCUT2D eigenvalue weighted by Gasteiger charge is -2.16. The van der Waals surface area contributed by atoms with E-state index in [1.165, 1.54) is 5.56 Å². The summed E-state index contributed by atoms with van der Waals surface area (Å²) in [6, 6.07) is 14.6. The average Bonchev–Trinajstić information content (AvgIpc) is 3.60. The van der Waals surface area contributed by atoms with E-state index in [0.29, 0.717) is 5.92 Å². The van der Waals surface area contributed by atoms with E-state index in [1.807, 2.05) is 51.9 Å². The molecule has 32 heavy (non-hydrogen) atoms. The molecule has 0 radical (unpaired) electrons. The highest BCUT2D eigenvalue weighted by molar-refractivity contribution is 5.75. The summed E-state index contributed by atoms with van der Waals surface area (Å²) in [5, 5.41) is 13.6. The molecule has 0 bridgehead atoms. The van der Waals surface area contributed by atoms with Crippen molar-refractivity contribution in [2.24, 2.45) is 7.05 Å². The maximum atomic E-state index is 4.76. The molecule has 5 aromatic rings. The third-order valence-corrected chi connectivity index (χ3v) is 6.17. The van der Waals surface area contributed by atoms with Crippen LogP contribution in [0.4, 0.5) is 5.69 Å². The number of benzene rings is 1. The molecular weight excluding hydrogens is 400 g/mol. The van der Waals surface area contributed by atoms with Crippen molar-refractivity contribution in [1.29, 1.82) is 0 Å². The molecule has 1 fully saturated rings. The van der Waals surface area contributed by atoms with Crippen molar-refractivity contribution in [3.05, 3.63) is 85.0 Å². The Morgan fingerprint density at radius 1 is 0.969 bits per heavy atom. The Morgan fingerprint density at radius 2 is 1.88 bits per heavy atom. The van der Waals surface area contributed by atoms with Gasteiger partial charge in [-0.25, -0.2) is 14.2 Å². The largest absolute Gasteiger partial charge is 0.368 e. The van der Waals surface area contributed by atoms with Crippen LogP contribution >= 0.6 is 0 Å². The minimum absolute atomic E-state index is 0.330. The van der Waals surface area contributed by atoms with Crippen molar-refractivity contribution in [1.82, 2.24) is 34.2 Å². The monoisotopic (exact) mass is 424 g/mol. The second kappa shape index (κ2) is 7.64. The molecule has 1 atom stereocenters. The molecule has 1 saturated heterocycles. The standard InChI is InChI=1S/C24H24N8/c1-29-14-21(11-26-29)19-7-8-22-23(12-27-32(22)16-19)30-10-9-20(15-30)24-25-17-31(28-24)13-18-5-3-2-4-6-18/h2-8,11-12,14,16-17,20H,9-10,13,15H2,1H3. The quantitative estimate of drug-likeness (QED) is 0.433. The van der Waals surface area contributed by atoms with Crippen LogP contribution in [-0.4, -0.2) is 47.2 Å². The molecule has 5 heterocycles. The molecule has 160 valence electrons. The van der Waals surface area contributed by atoms with Gasteiger partial charge in [0.05, 0.1) is 30.1 Å². The summed E-state index contributed by atoms with van der Waals surface area (Å²) in [5.74, 6) is 1.26. The van der Waals surface area contributed by atoms with Crippen LogP contribution in [0, 0.1) is 0 Å². The predicted molar refractivity (Wildman–Crippen MR) is 123 cm³/mol. The van der Waals surface area contributed by atoms with Gasteiger partial charge in [0.25, 0.3) is 0 Å². The van der Waals surface area contributed by atoms with Crippen LogP contribution < -0.4 is 4.90 Å². The number of aryl methyl sites for hydroxylation is 1. The molecule has 0 aliphatic carbocycles. The zero-order chi connectivity index (χ0) is 21.5. The Balaban J connectivity index is 1.19. The molecule has 1 unspecified atom stereocenters. The third-order valence-electron chi connectivity index (χ3n) is 6.17. The fourth-order valence-electron chi connectivity index (χ4n) is 4.49. The first-order valence-electron chi connectivity index (χ1n) is 10.9. The maximum absolute atomic E-state index is 4.76. The Bertz CT molecular complexity index is 1360. The summed E-state index contributed by atoms with van der Waals surface area (Å²) in [6.45, 7) is 2.63. The lowest BCUT2D eigenvalue weighted by atomic mass is 10.1. The molecule has 4 aromatic heterocycles. The first-order chi connectivity index (χ1) is 15.7. The Morgan fingerprint density at radius 3 is 2.72 bits per heavy atom. The summed E-state index contributed by atoms with van der Waals surface area (Å²) < 4.78 is 5.70. The Hall–Kier alpha value is -3.94. The van der Waals surface area contributed by atoms with Crippen LogP contribution in [0.25, 0.3) is 16.6 Å². The van der Waals surface area contributed by atoms with E-state index in [2.05, 4.69) is 62.7 Å². The SMILES string of the molecule is Cn1cc(-c2ccc3c(N4CCC(c5ncn(Cc6ccccc6)n5)C4)cnn3c2)cn1. The number of aromatic nitrogens is 7. The molecule has 1 aliphatic heterocycles. The molecule has 0 saturated carbocycles. The summed E-state index contributed by atoms with van der Waals surface area (Å²) in [5.41, 5.74) is 5.70. The first kappa shape index (κ1) is 18.8. The molecule has 6 rings (SSSR count). The third kappa shape index (κ3) is 3.43. The van der Waals surface area contributed by atoms with Crippen molar-refractivity contribution in [2.45, 2.75) is 18.9 Å². The van der Waals surface area contributed by atoms with Crippen LogP contribution in [0.5, 0.6) is 0 Å². The number of hydrogen-bond acceptors (Lipinski definition) is 5. The van der Waals surface area contributed by atoms with Crippen molar-refractivity contribution in [3.8, 4) is 11.1 Å². The number of hydrogen-bond donors (Lipinski definition) is 0. The molecule has 8 heteroatoms. The Kier molecular flexibility index (Phi) is 4.49. The highest BCUT2D eigenvalue weighted by Gasteiger charge is 2.28. The van der Waals surface area contributed by atoms with Crippen molar-refractivity contribution in [3.63, 3.8) is 0 Å². The normalized spacial score (nSPS) is 16.3. The molecule has 8 nitrogen and oxygen atoms in total. The molecule has 0 amide bonds. The average molecular weight is 425 g/mol. The number of fused-ring (bicyclic) bond motifs is 1. The minimum Gasteiger partial charge on any atom is -0.368 e. The summed E-state index contributed by atoms with van der Waals surface area (Å²) in [4.78, 5) is 7.01. The van der Waals surface area contributed by atoms with Gasteiger partial charge in [-0.2, -0.15) is 15.3 Å². The Labute approximate surface area is 185 Å². The lowest BCUT2D eigenvalue weighted by Crippen LogP contribution is -2.19. The van der Waals surface area contributed by atoms with Gasteiger partial charge in [0, 0.05) is 49.6 Å². The number of rotatable bonds is 5. The number of anilines is 1. The van der Waals surface area contributed by atoms with Gasteiger partial charge in [-0.15, -0.1) is 0 Å². The molecule has 0 N–H and O–H groups in total. The molecular formula is C24H24N8. The van der Waals surface area contributed by atoms with Crippen molar-refractivity contribution in [2.75, 3.05) is 18.0 Å². The zero-order valence-electron chi connectivity index (χ0n) is 17.9. The van der Waals surface area contributed by atoms with E-state index >= 15 is 0 Å². The van der Waals surface area contributed by atoms with Gasteiger partial charge in [-0.1, -0.05) is 36.4 Å². The molecule has 1 aromatic carbocycles. The second-order valence-electron chi connectivity index (χ2n) is 8.40. The van der Waals surface area contributed by atoms with Crippen LogP contribution in [0.1, 0.15) is 23.7 Å². The second-order valence-corrected chi connectivity index (χ2v) is 8.40. The minimum atomic E-state index is 0.330. The van der Waals surface area contributed by atoms with Crippen LogP contribution in [0.3, 0.4) is 0 Å². The van der Waals surface area contributed by atoms with Gasteiger partial charge in [-0.3, -0.25) is 4.68 Å². The van der Waals surface area contributed by atoms with E-state index in [1.54, 1.807) is 0 Å². The fourth-order valence-corrected chi connectivity index (χ4v) is 4.49. The topological polar surface area (TPSA) is 69.1 Å². The van der Waals surface area contributed by atoms with Gasteiger partial charge in [0.15, 0.2) is 5.82 Å². The highest BCUT2D eigenvalue weighted by atomic mass is 15.3. The van der Waals surface area contributed by atoms with Gasteiger partial charge < -0.3 is 4.90 Å². The van der Waals surface area contributed by atoms with E-state index in [-0.39, 0.29) is 0 Å². The van der Waals surface area contributed by atoms with Crippen LogP contribution in [0.15, 0.2) is 73.6 Å². The summed E-state index contributed by atoms with van der Waals surface area (Å²) >= 11 is 0. The smallest absolute Gasteiger partial charge is 0.155 e. The fraction of sp³-hybridized carbons (Fsp3) is 0.250. The van der Waals surface area contributed by atoms with Crippen LogP contribution in [0.2, 0.25) is 0 Å². The van der Waals surface area contributed by atoms with Crippen molar-refractivity contribution >= 4 is 11.2 Å². The maximum Gasteiger partial charge on any atom is 0.155 e. The van der Waals surface area contributed by atoms with E-state index in [4.69, 9.17) is 5.10 Å². The van der Waals surface area contributed by atoms with Gasteiger partial charge in [-0.05, 0) is 18.1 Å². The van der Waals surface area contributed by atoms with E-state index < -0.39 is 0 Å². The predicted octanol–water partition coefficient (Wildman–Crippen LogP) is 3.37. The van der Waals surface area contributed by atoms with Gasteiger partial charge in [0.2, 0.25) is 0 Å². The number of pyridine rings is 1. The summed E-state index contributed by atoms with van der Waals surface area (Å²) in [7, 11) is 1.93. The highest BCUT2D eigenvalue weighted by Crippen LogP contribution is 2.32. The van der Waals surface area contributed by atoms with E-state index in [9.17, 15) is 0 Å². The number of nitrogens with zero attached hydrogens (tertiary/aromatic N) is 8. The van der Waals surface area contributed by atoms with Gasteiger partial charge >= 0.3 is 0 Å². The summed E-state index contributed by atoms with van der Waals surface area (Å²) in [6.07, 6.45) is 10.8. The van der Waals surface area contributed by atoms with Crippen LogP contribution in [-0.2, 0) is 13.6 Å². The van der Waals surface area contributed by atoms with Gasteiger partial charge in [0.1, 0.15) is 6.33 Å². The molecule has 0 spiro atoms.